The molecule has 5 heteroatoms. The van der Waals surface area contributed by atoms with E-state index in [9.17, 15) is 0 Å². The lowest BCUT2D eigenvalue weighted by Crippen LogP contribution is -2.16. The molecule has 0 aromatic carbocycles. The maximum atomic E-state index is 6.11. The van der Waals surface area contributed by atoms with Crippen LogP contribution in [0.5, 0.6) is 5.88 Å². The summed E-state index contributed by atoms with van der Waals surface area (Å²) in [4.78, 5) is 8.36. The molecule has 0 fully saturated rings. The van der Waals surface area contributed by atoms with Crippen LogP contribution in [0.3, 0.4) is 0 Å². The maximum absolute atomic E-state index is 6.11. The van der Waals surface area contributed by atoms with Gasteiger partial charge in [0.05, 0.1) is 11.5 Å². The predicted molar refractivity (Wildman–Crippen MR) is 70.8 cm³/mol. The van der Waals surface area contributed by atoms with Gasteiger partial charge in [-0.1, -0.05) is 13.3 Å². The molecule has 1 heterocycles. The summed E-state index contributed by atoms with van der Waals surface area (Å²) in [5.74, 6) is 1.14. The molecule has 1 unspecified atom stereocenters. The minimum Gasteiger partial charge on any atom is -0.475 e. The normalized spacial score (nSPS) is 12.5. The van der Waals surface area contributed by atoms with E-state index in [0.29, 0.717) is 18.4 Å². The van der Waals surface area contributed by atoms with Crippen molar-refractivity contribution in [1.82, 2.24) is 9.97 Å². The quantitative estimate of drug-likeness (QED) is 0.763. The Morgan fingerprint density at radius 2 is 2.24 bits per heavy atom. The largest absolute Gasteiger partial charge is 0.475 e. The molecule has 1 aromatic heterocycles. The molecule has 0 aliphatic rings. The Morgan fingerprint density at radius 1 is 1.47 bits per heavy atom. The van der Waals surface area contributed by atoms with Crippen molar-refractivity contribution in [3.63, 3.8) is 0 Å². The van der Waals surface area contributed by atoms with Crippen LogP contribution in [0, 0.1) is 0 Å². The van der Waals surface area contributed by atoms with Gasteiger partial charge in [0, 0.05) is 18.8 Å². The molecule has 0 amide bonds. The van der Waals surface area contributed by atoms with E-state index >= 15 is 0 Å². The van der Waals surface area contributed by atoms with E-state index in [2.05, 4.69) is 22.2 Å². The fourth-order valence-corrected chi connectivity index (χ4v) is 1.65. The molecule has 1 atom stereocenters. The second-order valence-electron chi connectivity index (χ2n) is 4.15. The summed E-state index contributed by atoms with van der Waals surface area (Å²) in [6, 6.07) is 1.75. The number of nitrogens with one attached hydrogen (secondary N) is 1. The Kier molecular flexibility index (Phi) is 6.05. The predicted octanol–water partition coefficient (Wildman–Crippen LogP) is 3.08. The number of nitrogens with zero attached hydrogens (tertiary/aromatic N) is 2. The third kappa shape index (κ3) is 5.73. The molecule has 0 aliphatic heterocycles. The van der Waals surface area contributed by atoms with Gasteiger partial charge in [-0.05, 0) is 20.3 Å². The summed E-state index contributed by atoms with van der Waals surface area (Å²) in [6.07, 6.45) is 3.85. The van der Waals surface area contributed by atoms with E-state index in [1.54, 1.807) is 12.3 Å². The second-order valence-corrected chi connectivity index (χ2v) is 4.77. The van der Waals surface area contributed by atoms with Gasteiger partial charge in [0.15, 0.2) is 0 Å². The summed E-state index contributed by atoms with van der Waals surface area (Å²) in [6.45, 7) is 6.71. The standard InChI is InChI=1S/C12H20ClN3O/c1-4-5-10(13)8-15-12-14-7-6-11(16-12)17-9(2)3/h6-7,9-10H,4-5,8H2,1-3H3,(H,14,15,16). The third-order valence-corrected chi connectivity index (χ3v) is 2.44. The van der Waals surface area contributed by atoms with Crippen LogP contribution in [0.1, 0.15) is 33.6 Å². The van der Waals surface area contributed by atoms with Crippen molar-refractivity contribution in [2.24, 2.45) is 0 Å². The second kappa shape index (κ2) is 7.33. The van der Waals surface area contributed by atoms with Gasteiger partial charge < -0.3 is 10.1 Å². The molecule has 1 aromatic rings. The summed E-state index contributed by atoms with van der Waals surface area (Å²) in [5, 5.41) is 3.22. The molecule has 0 bridgehead atoms. The van der Waals surface area contributed by atoms with E-state index in [4.69, 9.17) is 16.3 Å². The number of aromatic nitrogens is 2. The average Bonchev–Trinajstić information content (AvgIpc) is 2.26. The number of alkyl halides is 1. The highest BCUT2D eigenvalue weighted by molar-refractivity contribution is 6.20. The van der Waals surface area contributed by atoms with Crippen LogP contribution in [0.15, 0.2) is 12.3 Å². The van der Waals surface area contributed by atoms with E-state index in [1.165, 1.54) is 0 Å². The Balaban J connectivity index is 2.48. The van der Waals surface area contributed by atoms with Gasteiger partial charge in [-0.2, -0.15) is 4.98 Å². The van der Waals surface area contributed by atoms with Crippen molar-refractivity contribution in [2.75, 3.05) is 11.9 Å². The maximum Gasteiger partial charge on any atom is 0.225 e. The number of halogens is 1. The molecule has 0 radical (unpaired) electrons. The third-order valence-electron chi connectivity index (χ3n) is 2.07. The Labute approximate surface area is 108 Å². The Hall–Kier alpha value is -1.03. The van der Waals surface area contributed by atoms with Gasteiger partial charge in [-0.3, -0.25) is 0 Å². The van der Waals surface area contributed by atoms with Crippen LogP contribution < -0.4 is 10.1 Å². The molecule has 96 valence electrons. The van der Waals surface area contributed by atoms with Crippen molar-refractivity contribution in [3.8, 4) is 5.88 Å². The zero-order chi connectivity index (χ0) is 12.7. The lowest BCUT2D eigenvalue weighted by molar-refractivity contribution is 0.232. The molecule has 1 rings (SSSR count). The first kappa shape index (κ1) is 14.0. The fourth-order valence-electron chi connectivity index (χ4n) is 1.35. The summed E-state index contributed by atoms with van der Waals surface area (Å²) in [7, 11) is 0. The monoisotopic (exact) mass is 257 g/mol. The van der Waals surface area contributed by atoms with Crippen LogP contribution in [0.25, 0.3) is 0 Å². The topological polar surface area (TPSA) is 47.0 Å². The summed E-state index contributed by atoms with van der Waals surface area (Å²) in [5.41, 5.74) is 0. The van der Waals surface area contributed by atoms with Gasteiger partial charge in [0.25, 0.3) is 0 Å². The number of hydrogen-bond acceptors (Lipinski definition) is 4. The van der Waals surface area contributed by atoms with Crippen LogP contribution in [-0.2, 0) is 0 Å². The van der Waals surface area contributed by atoms with E-state index in [1.807, 2.05) is 13.8 Å². The average molecular weight is 258 g/mol. The minimum absolute atomic E-state index is 0.110. The molecule has 0 aliphatic carbocycles. The lowest BCUT2D eigenvalue weighted by Gasteiger charge is -2.11. The highest BCUT2D eigenvalue weighted by Crippen LogP contribution is 2.11. The van der Waals surface area contributed by atoms with Crippen LogP contribution in [-0.4, -0.2) is 28.0 Å². The van der Waals surface area contributed by atoms with Crippen molar-refractivity contribution < 1.29 is 4.74 Å². The molecule has 4 nitrogen and oxygen atoms in total. The van der Waals surface area contributed by atoms with Crippen LogP contribution >= 0.6 is 11.6 Å². The fraction of sp³-hybridized carbons (Fsp3) is 0.667. The highest BCUT2D eigenvalue weighted by atomic mass is 35.5. The molecule has 0 saturated heterocycles. The van der Waals surface area contributed by atoms with Crippen molar-refractivity contribution >= 4 is 17.5 Å². The van der Waals surface area contributed by atoms with Crippen molar-refractivity contribution in [1.29, 1.82) is 0 Å². The van der Waals surface area contributed by atoms with Gasteiger partial charge in [-0.25, -0.2) is 4.98 Å². The zero-order valence-electron chi connectivity index (χ0n) is 10.6. The number of anilines is 1. The smallest absolute Gasteiger partial charge is 0.225 e. The Bertz CT molecular complexity index is 333. The van der Waals surface area contributed by atoms with E-state index in [0.717, 1.165) is 12.8 Å². The lowest BCUT2D eigenvalue weighted by atomic mass is 10.2. The first-order chi connectivity index (χ1) is 8.11. The van der Waals surface area contributed by atoms with E-state index in [-0.39, 0.29) is 11.5 Å². The van der Waals surface area contributed by atoms with Crippen molar-refractivity contribution in [2.45, 2.75) is 45.1 Å². The molecular formula is C12H20ClN3O. The number of rotatable bonds is 7. The Morgan fingerprint density at radius 3 is 2.88 bits per heavy atom. The molecule has 1 N–H and O–H groups in total. The van der Waals surface area contributed by atoms with E-state index < -0.39 is 0 Å². The molecule has 0 spiro atoms. The molecular weight excluding hydrogens is 238 g/mol. The first-order valence-corrected chi connectivity index (χ1v) is 6.43. The highest BCUT2D eigenvalue weighted by Gasteiger charge is 2.05. The zero-order valence-corrected chi connectivity index (χ0v) is 11.4. The molecule has 17 heavy (non-hydrogen) atoms. The first-order valence-electron chi connectivity index (χ1n) is 5.99. The van der Waals surface area contributed by atoms with Gasteiger partial charge >= 0.3 is 0 Å². The summed E-state index contributed by atoms with van der Waals surface area (Å²) < 4.78 is 5.49. The van der Waals surface area contributed by atoms with Crippen LogP contribution in [0.4, 0.5) is 5.95 Å². The summed E-state index contributed by atoms with van der Waals surface area (Å²) >= 11 is 6.11. The minimum atomic E-state index is 0.110. The van der Waals surface area contributed by atoms with Crippen molar-refractivity contribution in [3.05, 3.63) is 12.3 Å². The van der Waals surface area contributed by atoms with Gasteiger partial charge in [0.1, 0.15) is 0 Å². The van der Waals surface area contributed by atoms with Crippen LogP contribution in [0.2, 0.25) is 0 Å². The van der Waals surface area contributed by atoms with Gasteiger partial charge in [0.2, 0.25) is 11.8 Å². The van der Waals surface area contributed by atoms with Gasteiger partial charge in [-0.15, -0.1) is 11.6 Å². The number of hydrogen-bond donors (Lipinski definition) is 1. The SMILES string of the molecule is CCCC(Cl)CNc1nccc(OC(C)C)n1. The molecule has 0 saturated carbocycles. The number of ether oxygens (including phenoxy) is 1.